The van der Waals surface area contributed by atoms with Crippen LogP contribution in [0, 0.1) is 5.41 Å². The number of hydrogen-bond donors (Lipinski definition) is 1. The van der Waals surface area contributed by atoms with Crippen molar-refractivity contribution in [2.45, 2.75) is 33.6 Å². The summed E-state index contributed by atoms with van der Waals surface area (Å²) in [5.74, 6) is -0.185. The molecule has 116 valence electrons. The van der Waals surface area contributed by atoms with Crippen molar-refractivity contribution in [2.75, 3.05) is 0 Å². The molecule has 0 spiro atoms. The maximum atomic E-state index is 13.2. The summed E-state index contributed by atoms with van der Waals surface area (Å²) in [6.45, 7) is 5.91. The summed E-state index contributed by atoms with van der Waals surface area (Å²) in [6.07, 6.45) is 3.85. The lowest BCUT2D eigenvalue weighted by atomic mass is 9.60. The zero-order valence-corrected chi connectivity index (χ0v) is 13.5. The topological polar surface area (TPSA) is 54.4 Å². The number of rotatable bonds is 0. The zero-order chi connectivity index (χ0) is 16.5. The standard InChI is InChI=1S/C20H18O3/c1-10-4-6-13-11(2)20(3)17(9-15(10)13)18(22)14-7-5-12(21)8-16(14)19(20)23/h5,7-9,21H,4,6H2,1-3H3/t20-/m1/s1. The number of phenols is 1. The first-order valence-electron chi connectivity index (χ1n) is 7.90. The Hall–Kier alpha value is -2.42. The van der Waals surface area contributed by atoms with Crippen molar-refractivity contribution in [1.29, 1.82) is 0 Å². The molecule has 1 atom stereocenters. The monoisotopic (exact) mass is 306 g/mol. The van der Waals surface area contributed by atoms with Crippen LogP contribution in [0.2, 0.25) is 0 Å². The van der Waals surface area contributed by atoms with E-state index < -0.39 is 5.41 Å². The molecule has 0 radical (unpaired) electrons. The van der Waals surface area contributed by atoms with Gasteiger partial charge in [-0.2, -0.15) is 0 Å². The van der Waals surface area contributed by atoms with Crippen LogP contribution in [0.25, 0.3) is 0 Å². The summed E-state index contributed by atoms with van der Waals surface area (Å²) >= 11 is 0. The van der Waals surface area contributed by atoms with Crippen LogP contribution in [-0.2, 0) is 0 Å². The number of ketones is 2. The summed E-state index contributed by atoms with van der Waals surface area (Å²) in [4.78, 5) is 26.2. The predicted octanol–water partition coefficient (Wildman–Crippen LogP) is 4.14. The predicted molar refractivity (Wildman–Crippen MR) is 87.6 cm³/mol. The summed E-state index contributed by atoms with van der Waals surface area (Å²) < 4.78 is 0. The van der Waals surface area contributed by atoms with Crippen molar-refractivity contribution >= 4 is 11.6 Å². The fraction of sp³-hybridized carbons (Fsp3) is 0.300. The third-order valence-corrected chi connectivity index (χ3v) is 5.76. The van der Waals surface area contributed by atoms with Crippen molar-refractivity contribution in [1.82, 2.24) is 0 Å². The minimum Gasteiger partial charge on any atom is -0.508 e. The molecule has 0 fully saturated rings. The molecular formula is C20H18O3. The lowest BCUT2D eigenvalue weighted by Gasteiger charge is -2.40. The highest BCUT2D eigenvalue weighted by atomic mass is 16.3. The zero-order valence-electron chi connectivity index (χ0n) is 13.5. The molecule has 3 aliphatic rings. The van der Waals surface area contributed by atoms with Crippen LogP contribution in [0.1, 0.15) is 54.3 Å². The molecule has 4 rings (SSSR count). The van der Waals surface area contributed by atoms with Crippen LogP contribution in [-0.4, -0.2) is 16.7 Å². The molecule has 0 aromatic heterocycles. The molecule has 23 heavy (non-hydrogen) atoms. The van der Waals surface area contributed by atoms with Gasteiger partial charge in [0, 0.05) is 16.7 Å². The fourth-order valence-electron chi connectivity index (χ4n) is 4.15. The van der Waals surface area contributed by atoms with Crippen molar-refractivity contribution in [3.8, 4) is 5.75 Å². The van der Waals surface area contributed by atoms with E-state index in [1.807, 2.05) is 19.9 Å². The Morgan fingerprint density at radius 2 is 1.83 bits per heavy atom. The number of phenolic OH excluding ortho intramolecular Hbond substituents is 1. The molecule has 0 aliphatic heterocycles. The van der Waals surface area contributed by atoms with Crippen LogP contribution < -0.4 is 0 Å². The number of benzene rings is 1. The molecule has 0 heterocycles. The number of carbonyl (C=O) groups excluding carboxylic acids is 2. The molecular weight excluding hydrogens is 288 g/mol. The van der Waals surface area contributed by atoms with E-state index in [9.17, 15) is 14.7 Å². The van der Waals surface area contributed by atoms with Gasteiger partial charge < -0.3 is 5.11 Å². The average Bonchev–Trinajstić information content (AvgIpc) is 2.89. The number of allylic oxidation sites excluding steroid dienone is 6. The number of fused-ring (bicyclic) bond motifs is 3. The van der Waals surface area contributed by atoms with Gasteiger partial charge in [0.1, 0.15) is 5.75 Å². The van der Waals surface area contributed by atoms with Gasteiger partial charge in [-0.15, -0.1) is 0 Å². The Kier molecular flexibility index (Phi) is 2.66. The van der Waals surface area contributed by atoms with Gasteiger partial charge in [0.15, 0.2) is 11.6 Å². The molecule has 3 heteroatoms. The lowest BCUT2D eigenvalue weighted by Crippen LogP contribution is -2.42. The van der Waals surface area contributed by atoms with Crippen LogP contribution in [0.3, 0.4) is 0 Å². The van der Waals surface area contributed by atoms with Crippen molar-refractivity contribution < 1.29 is 14.7 Å². The Bertz CT molecular complexity index is 895. The summed E-state index contributed by atoms with van der Waals surface area (Å²) in [6, 6.07) is 4.43. The van der Waals surface area contributed by atoms with Gasteiger partial charge in [0.05, 0.1) is 5.41 Å². The van der Waals surface area contributed by atoms with Crippen LogP contribution >= 0.6 is 0 Å². The van der Waals surface area contributed by atoms with E-state index in [0.717, 1.165) is 24.0 Å². The quantitative estimate of drug-likeness (QED) is 0.783. The van der Waals surface area contributed by atoms with E-state index in [0.29, 0.717) is 16.7 Å². The van der Waals surface area contributed by atoms with Crippen molar-refractivity contribution in [3.63, 3.8) is 0 Å². The van der Waals surface area contributed by atoms with Crippen molar-refractivity contribution in [2.24, 2.45) is 5.41 Å². The second kappa shape index (κ2) is 4.31. The van der Waals surface area contributed by atoms with Gasteiger partial charge in [-0.05, 0) is 69.0 Å². The van der Waals surface area contributed by atoms with Crippen molar-refractivity contribution in [3.05, 3.63) is 63.3 Å². The van der Waals surface area contributed by atoms with Crippen LogP contribution in [0.5, 0.6) is 5.75 Å². The molecule has 0 saturated carbocycles. The second-order valence-corrected chi connectivity index (χ2v) is 6.87. The van der Waals surface area contributed by atoms with E-state index in [-0.39, 0.29) is 17.3 Å². The highest BCUT2D eigenvalue weighted by Crippen LogP contribution is 2.53. The van der Waals surface area contributed by atoms with Gasteiger partial charge in [-0.1, -0.05) is 11.1 Å². The highest BCUT2D eigenvalue weighted by molar-refractivity contribution is 6.26. The average molecular weight is 306 g/mol. The third-order valence-electron chi connectivity index (χ3n) is 5.76. The maximum Gasteiger partial charge on any atom is 0.191 e. The fourth-order valence-corrected chi connectivity index (χ4v) is 4.15. The molecule has 1 N–H and O–H groups in total. The Morgan fingerprint density at radius 3 is 2.57 bits per heavy atom. The first-order chi connectivity index (χ1) is 10.9. The molecule has 3 nitrogen and oxygen atoms in total. The Labute approximate surface area is 135 Å². The van der Waals surface area contributed by atoms with Crippen LogP contribution in [0.4, 0.5) is 0 Å². The van der Waals surface area contributed by atoms with Crippen LogP contribution in [0.15, 0.2) is 52.1 Å². The first kappa shape index (κ1) is 14.2. The lowest BCUT2D eigenvalue weighted by molar-refractivity contribution is 0.0830. The summed E-state index contributed by atoms with van der Waals surface area (Å²) in [5.41, 5.74) is 4.98. The highest BCUT2D eigenvalue weighted by Gasteiger charge is 2.50. The molecule has 1 aromatic rings. The van der Waals surface area contributed by atoms with Gasteiger partial charge in [0.2, 0.25) is 0 Å². The smallest absolute Gasteiger partial charge is 0.191 e. The van der Waals surface area contributed by atoms with E-state index in [1.54, 1.807) is 6.07 Å². The van der Waals surface area contributed by atoms with Gasteiger partial charge >= 0.3 is 0 Å². The molecule has 1 aromatic carbocycles. The van der Waals surface area contributed by atoms with Gasteiger partial charge in [-0.25, -0.2) is 0 Å². The minimum absolute atomic E-state index is 0.0133. The minimum atomic E-state index is -0.915. The van der Waals surface area contributed by atoms with Gasteiger partial charge in [0.25, 0.3) is 0 Å². The number of hydrogen-bond acceptors (Lipinski definition) is 3. The Morgan fingerprint density at radius 1 is 1.09 bits per heavy atom. The largest absolute Gasteiger partial charge is 0.508 e. The summed E-state index contributed by atoms with van der Waals surface area (Å²) in [5, 5.41) is 9.73. The molecule has 0 bridgehead atoms. The van der Waals surface area contributed by atoms with E-state index >= 15 is 0 Å². The third kappa shape index (κ3) is 1.60. The van der Waals surface area contributed by atoms with E-state index in [4.69, 9.17) is 0 Å². The van der Waals surface area contributed by atoms with E-state index in [2.05, 4.69) is 6.92 Å². The normalized spacial score (nSPS) is 26.1. The second-order valence-electron chi connectivity index (χ2n) is 6.87. The summed E-state index contributed by atoms with van der Waals surface area (Å²) in [7, 11) is 0. The number of Topliss-reactive ketones (excluding diaryl/α,β-unsaturated/α-hetero) is 2. The van der Waals surface area contributed by atoms with Gasteiger partial charge in [-0.3, -0.25) is 9.59 Å². The maximum absolute atomic E-state index is 13.2. The molecule has 0 saturated heterocycles. The Balaban J connectivity index is 2.05. The molecule has 3 aliphatic carbocycles. The van der Waals surface area contributed by atoms with E-state index in [1.165, 1.54) is 23.3 Å². The number of carbonyl (C=O) groups is 2. The SMILES string of the molecule is CC1=C2C=C3C(=O)c4ccc(O)cc4C(=O)[C@]3(C)C(C)=C2CC1. The molecule has 0 unspecified atom stereocenters. The first-order valence-corrected chi connectivity index (χ1v) is 7.90. The molecule has 0 amide bonds. The number of aromatic hydroxyl groups is 1.